The van der Waals surface area contributed by atoms with Gasteiger partial charge in [-0.1, -0.05) is 30.3 Å². The molecule has 0 aliphatic carbocycles. The standard InChI is InChI=1S/C12H17NO2/c1-9(13)11(8-12(14)15-2)10-6-4-3-5-7-10/h3-7,9,11H,8,13H2,1-2H3/t9-,11-/m0/s1. The maximum absolute atomic E-state index is 11.2. The Hall–Kier alpha value is -1.35. The van der Waals surface area contributed by atoms with Gasteiger partial charge in [-0.2, -0.15) is 0 Å². The highest BCUT2D eigenvalue weighted by Gasteiger charge is 2.19. The fourth-order valence-electron chi connectivity index (χ4n) is 1.57. The summed E-state index contributed by atoms with van der Waals surface area (Å²) in [7, 11) is 1.39. The van der Waals surface area contributed by atoms with Gasteiger partial charge >= 0.3 is 5.97 Å². The van der Waals surface area contributed by atoms with Crippen LogP contribution < -0.4 is 5.73 Å². The Bertz CT molecular complexity index is 309. The van der Waals surface area contributed by atoms with Crippen molar-refractivity contribution in [1.82, 2.24) is 0 Å². The zero-order valence-corrected chi connectivity index (χ0v) is 9.14. The van der Waals surface area contributed by atoms with Crippen LogP contribution in [0.25, 0.3) is 0 Å². The first kappa shape index (κ1) is 11.7. The first-order chi connectivity index (χ1) is 7.15. The molecule has 0 heterocycles. The van der Waals surface area contributed by atoms with Gasteiger partial charge in [0.25, 0.3) is 0 Å². The molecule has 0 aliphatic rings. The summed E-state index contributed by atoms with van der Waals surface area (Å²) in [6.45, 7) is 1.90. The van der Waals surface area contributed by atoms with Crippen LogP contribution in [0, 0.1) is 0 Å². The van der Waals surface area contributed by atoms with E-state index in [1.807, 2.05) is 37.3 Å². The summed E-state index contributed by atoms with van der Waals surface area (Å²) in [5.41, 5.74) is 6.95. The fraction of sp³-hybridized carbons (Fsp3) is 0.417. The molecule has 3 nitrogen and oxygen atoms in total. The van der Waals surface area contributed by atoms with Gasteiger partial charge in [-0.05, 0) is 12.5 Å². The molecule has 0 fully saturated rings. The van der Waals surface area contributed by atoms with Gasteiger partial charge < -0.3 is 10.5 Å². The molecule has 2 N–H and O–H groups in total. The number of carbonyl (C=O) groups is 1. The molecule has 0 radical (unpaired) electrons. The number of hydrogen-bond acceptors (Lipinski definition) is 3. The normalized spacial score (nSPS) is 14.3. The van der Waals surface area contributed by atoms with Crippen LogP contribution >= 0.6 is 0 Å². The lowest BCUT2D eigenvalue weighted by Gasteiger charge is -2.19. The number of methoxy groups -OCH3 is 1. The third-order valence-electron chi connectivity index (χ3n) is 2.48. The molecule has 82 valence electrons. The van der Waals surface area contributed by atoms with E-state index >= 15 is 0 Å². The summed E-state index contributed by atoms with van der Waals surface area (Å²) in [6, 6.07) is 9.74. The third kappa shape index (κ3) is 3.36. The lowest BCUT2D eigenvalue weighted by molar-refractivity contribution is -0.141. The SMILES string of the molecule is COC(=O)C[C@H](c1ccccc1)[C@H](C)N. The minimum absolute atomic E-state index is 0.0265. The molecule has 0 spiro atoms. The zero-order chi connectivity index (χ0) is 11.3. The highest BCUT2D eigenvalue weighted by molar-refractivity contribution is 5.70. The van der Waals surface area contributed by atoms with Gasteiger partial charge in [-0.25, -0.2) is 0 Å². The van der Waals surface area contributed by atoms with E-state index in [1.165, 1.54) is 7.11 Å². The number of carbonyl (C=O) groups excluding carboxylic acids is 1. The quantitative estimate of drug-likeness (QED) is 0.764. The maximum Gasteiger partial charge on any atom is 0.306 e. The molecule has 0 aromatic heterocycles. The second kappa shape index (κ2) is 5.51. The lowest BCUT2D eigenvalue weighted by Crippen LogP contribution is -2.27. The molecule has 0 aliphatic heterocycles. The van der Waals surface area contributed by atoms with Crippen molar-refractivity contribution in [3.63, 3.8) is 0 Å². The van der Waals surface area contributed by atoms with E-state index in [9.17, 15) is 4.79 Å². The van der Waals surface area contributed by atoms with Crippen molar-refractivity contribution in [3.8, 4) is 0 Å². The number of rotatable bonds is 4. The fourth-order valence-corrected chi connectivity index (χ4v) is 1.57. The minimum atomic E-state index is -0.221. The summed E-state index contributed by atoms with van der Waals surface area (Å²) in [5, 5.41) is 0. The number of nitrogens with two attached hydrogens (primary N) is 1. The molecular formula is C12H17NO2. The van der Waals surface area contributed by atoms with Crippen LogP contribution in [0.4, 0.5) is 0 Å². The van der Waals surface area contributed by atoms with Crippen LogP contribution in [0.15, 0.2) is 30.3 Å². The number of esters is 1. The van der Waals surface area contributed by atoms with Crippen LogP contribution in [0.5, 0.6) is 0 Å². The molecule has 1 rings (SSSR count). The first-order valence-electron chi connectivity index (χ1n) is 5.02. The predicted molar refractivity (Wildman–Crippen MR) is 59.5 cm³/mol. The van der Waals surface area contributed by atoms with Crippen LogP contribution in [-0.4, -0.2) is 19.1 Å². The molecule has 2 atom stereocenters. The Morgan fingerprint density at radius 3 is 2.47 bits per heavy atom. The van der Waals surface area contributed by atoms with E-state index in [4.69, 9.17) is 5.73 Å². The second-order valence-corrected chi connectivity index (χ2v) is 3.66. The predicted octanol–water partition coefficient (Wildman–Crippen LogP) is 1.68. The van der Waals surface area contributed by atoms with Crippen molar-refractivity contribution >= 4 is 5.97 Å². The largest absolute Gasteiger partial charge is 0.469 e. The molecular weight excluding hydrogens is 190 g/mol. The van der Waals surface area contributed by atoms with Crippen molar-refractivity contribution in [2.45, 2.75) is 25.3 Å². The van der Waals surface area contributed by atoms with Gasteiger partial charge in [0.05, 0.1) is 13.5 Å². The van der Waals surface area contributed by atoms with E-state index in [2.05, 4.69) is 4.74 Å². The third-order valence-corrected chi connectivity index (χ3v) is 2.48. The molecule has 0 saturated heterocycles. The Balaban J connectivity index is 2.79. The van der Waals surface area contributed by atoms with Crippen LogP contribution in [0.1, 0.15) is 24.8 Å². The molecule has 15 heavy (non-hydrogen) atoms. The summed E-state index contributed by atoms with van der Waals surface area (Å²) in [5.74, 6) is -0.195. The van der Waals surface area contributed by atoms with Crippen molar-refractivity contribution in [1.29, 1.82) is 0 Å². The number of benzene rings is 1. The summed E-state index contributed by atoms with van der Waals surface area (Å²) in [4.78, 5) is 11.2. The van der Waals surface area contributed by atoms with E-state index in [0.29, 0.717) is 6.42 Å². The zero-order valence-electron chi connectivity index (χ0n) is 9.14. The van der Waals surface area contributed by atoms with Crippen LogP contribution in [0.2, 0.25) is 0 Å². The van der Waals surface area contributed by atoms with Gasteiger partial charge in [-0.3, -0.25) is 4.79 Å². The number of hydrogen-bond donors (Lipinski definition) is 1. The average Bonchev–Trinajstić information content (AvgIpc) is 2.26. The molecule has 0 unspecified atom stereocenters. The Morgan fingerprint density at radius 2 is 2.00 bits per heavy atom. The smallest absolute Gasteiger partial charge is 0.306 e. The number of ether oxygens (including phenoxy) is 1. The van der Waals surface area contributed by atoms with Gasteiger partial charge in [0.2, 0.25) is 0 Å². The van der Waals surface area contributed by atoms with Crippen LogP contribution in [-0.2, 0) is 9.53 Å². The molecule has 0 saturated carbocycles. The van der Waals surface area contributed by atoms with Crippen molar-refractivity contribution in [3.05, 3.63) is 35.9 Å². The lowest BCUT2D eigenvalue weighted by atomic mass is 9.90. The van der Waals surface area contributed by atoms with E-state index < -0.39 is 0 Å². The van der Waals surface area contributed by atoms with Crippen molar-refractivity contribution in [2.75, 3.05) is 7.11 Å². The van der Waals surface area contributed by atoms with E-state index in [1.54, 1.807) is 0 Å². The van der Waals surface area contributed by atoms with Gasteiger partial charge in [0.1, 0.15) is 0 Å². The minimum Gasteiger partial charge on any atom is -0.469 e. The maximum atomic E-state index is 11.2. The summed E-state index contributed by atoms with van der Waals surface area (Å²) in [6.07, 6.45) is 0.332. The Morgan fingerprint density at radius 1 is 1.40 bits per heavy atom. The van der Waals surface area contributed by atoms with Crippen molar-refractivity contribution in [2.24, 2.45) is 5.73 Å². The van der Waals surface area contributed by atoms with E-state index in [-0.39, 0.29) is 17.9 Å². The summed E-state index contributed by atoms with van der Waals surface area (Å²) < 4.78 is 4.66. The topological polar surface area (TPSA) is 52.3 Å². The highest BCUT2D eigenvalue weighted by atomic mass is 16.5. The molecule has 0 amide bonds. The first-order valence-corrected chi connectivity index (χ1v) is 5.02. The molecule has 1 aromatic rings. The monoisotopic (exact) mass is 207 g/mol. The molecule has 1 aromatic carbocycles. The molecule has 0 bridgehead atoms. The second-order valence-electron chi connectivity index (χ2n) is 3.66. The highest BCUT2D eigenvalue weighted by Crippen LogP contribution is 2.22. The van der Waals surface area contributed by atoms with Crippen LogP contribution in [0.3, 0.4) is 0 Å². The van der Waals surface area contributed by atoms with E-state index in [0.717, 1.165) is 5.56 Å². The summed E-state index contributed by atoms with van der Waals surface area (Å²) >= 11 is 0. The van der Waals surface area contributed by atoms with Crippen molar-refractivity contribution < 1.29 is 9.53 Å². The van der Waals surface area contributed by atoms with Gasteiger partial charge in [0, 0.05) is 12.0 Å². The molecule has 3 heteroatoms. The Kier molecular flexibility index (Phi) is 4.31. The van der Waals surface area contributed by atoms with Gasteiger partial charge in [0.15, 0.2) is 0 Å². The average molecular weight is 207 g/mol. The Labute approximate surface area is 90.2 Å². The van der Waals surface area contributed by atoms with Gasteiger partial charge in [-0.15, -0.1) is 0 Å².